The van der Waals surface area contributed by atoms with Crippen molar-refractivity contribution in [3.05, 3.63) is 18.2 Å². The fourth-order valence-corrected chi connectivity index (χ4v) is 1.95. The Labute approximate surface area is 132 Å². The average Bonchev–Trinajstić information content (AvgIpc) is 2.41. The fraction of sp³-hybridized carbons (Fsp3) is 0.533. The predicted molar refractivity (Wildman–Crippen MR) is 90.7 cm³/mol. The first kappa shape index (κ1) is 17.5. The third kappa shape index (κ3) is 6.64. The molecule has 6 heteroatoms. The summed E-state index contributed by atoms with van der Waals surface area (Å²) in [5.41, 5.74) is 0.886. The van der Waals surface area contributed by atoms with Crippen LogP contribution in [0, 0.1) is 0 Å². The molecular weight excluding hydrogens is 286 g/mol. The molecule has 0 radical (unpaired) electrons. The Hall–Kier alpha value is -1.53. The van der Waals surface area contributed by atoms with E-state index in [4.69, 9.17) is 21.7 Å². The summed E-state index contributed by atoms with van der Waals surface area (Å²) in [5, 5.41) is 6.95. The smallest absolute Gasteiger partial charge is 0.170 e. The van der Waals surface area contributed by atoms with Gasteiger partial charge in [-0.05, 0) is 38.2 Å². The first-order valence-electron chi connectivity index (χ1n) is 7.30. The number of nitrogens with one attached hydrogen (secondary N) is 3. The zero-order chi connectivity index (χ0) is 15.7. The van der Waals surface area contributed by atoms with E-state index in [0.29, 0.717) is 18.3 Å². The van der Waals surface area contributed by atoms with Gasteiger partial charge in [-0.1, -0.05) is 0 Å². The van der Waals surface area contributed by atoms with Gasteiger partial charge in [0.15, 0.2) is 16.6 Å². The Morgan fingerprint density at radius 2 is 1.81 bits per heavy atom. The molecule has 0 atom stereocenters. The highest BCUT2D eigenvalue weighted by Crippen LogP contribution is 2.30. The lowest BCUT2D eigenvalue weighted by molar-refractivity contribution is -0.856. The average molecular weight is 312 g/mol. The number of anilines is 1. The Kier molecular flexibility index (Phi) is 7.85. The maximum atomic E-state index is 5.59. The minimum Gasteiger partial charge on any atom is -0.490 e. The molecule has 0 aromatic heterocycles. The number of hydrogen-bond donors (Lipinski definition) is 3. The molecule has 0 unspecified atom stereocenters. The summed E-state index contributed by atoms with van der Waals surface area (Å²) in [6.07, 6.45) is 0. The topological polar surface area (TPSA) is 47.0 Å². The molecule has 0 aliphatic heterocycles. The van der Waals surface area contributed by atoms with E-state index in [0.717, 1.165) is 30.3 Å². The summed E-state index contributed by atoms with van der Waals surface area (Å²) in [6, 6.07) is 5.72. The maximum absolute atomic E-state index is 5.59. The van der Waals surface area contributed by atoms with E-state index >= 15 is 0 Å². The van der Waals surface area contributed by atoms with Crippen LogP contribution in [0.5, 0.6) is 11.5 Å². The molecule has 0 aliphatic carbocycles. The van der Waals surface area contributed by atoms with Crippen molar-refractivity contribution in [1.29, 1.82) is 0 Å². The van der Waals surface area contributed by atoms with Crippen LogP contribution < -0.4 is 25.0 Å². The molecule has 0 saturated carbocycles. The number of hydrogen-bond acceptors (Lipinski definition) is 3. The summed E-state index contributed by atoms with van der Waals surface area (Å²) in [4.78, 5) is 1.38. The number of rotatable bonds is 8. The van der Waals surface area contributed by atoms with Gasteiger partial charge in [0.05, 0.1) is 40.4 Å². The second kappa shape index (κ2) is 9.41. The summed E-state index contributed by atoms with van der Waals surface area (Å²) >= 11 is 5.28. The van der Waals surface area contributed by atoms with E-state index in [9.17, 15) is 0 Å². The first-order chi connectivity index (χ1) is 10.1. The Morgan fingerprint density at radius 3 is 2.43 bits per heavy atom. The van der Waals surface area contributed by atoms with Crippen molar-refractivity contribution in [3.63, 3.8) is 0 Å². The zero-order valence-electron chi connectivity index (χ0n) is 13.3. The molecule has 1 aromatic carbocycles. The molecule has 0 saturated heterocycles. The highest BCUT2D eigenvalue weighted by Gasteiger charge is 2.07. The van der Waals surface area contributed by atoms with Crippen molar-refractivity contribution in [2.45, 2.75) is 13.8 Å². The quantitative estimate of drug-likeness (QED) is 0.623. The fourth-order valence-electron chi connectivity index (χ4n) is 1.73. The second-order valence-electron chi connectivity index (χ2n) is 4.87. The largest absolute Gasteiger partial charge is 0.490 e. The van der Waals surface area contributed by atoms with Crippen LogP contribution in [0.15, 0.2) is 18.2 Å². The SMILES string of the molecule is CCOc1ccc(NC(=S)NCC[NH+](C)C)cc1OCC. The van der Waals surface area contributed by atoms with Gasteiger partial charge in [-0.2, -0.15) is 0 Å². The third-order valence-electron chi connectivity index (χ3n) is 2.71. The van der Waals surface area contributed by atoms with Crippen LogP contribution in [-0.4, -0.2) is 45.5 Å². The minimum absolute atomic E-state index is 0.595. The Balaban J connectivity index is 2.62. The molecule has 21 heavy (non-hydrogen) atoms. The van der Waals surface area contributed by atoms with Crippen molar-refractivity contribution in [2.24, 2.45) is 0 Å². The van der Waals surface area contributed by atoms with E-state index in [2.05, 4.69) is 24.7 Å². The van der Waals surface area contributed by atoms with Gasteiger partial charge in [0.1, 0.15) is 0 Å². The van der Waals surface area contributed by atoms with Crippen LogP contribution in [0.2, 0.25) is 0 Å². The van der Waals surface area contributed by atoms with Gasteiger partial charge in [0.2, 0.25) is 0 Å². The maximum Gasteiger partial charge on any atom is 0.170 e. The summed E-state index contributed by atoms with van der Waals surface area (Å²) in [6.45, 7) is 6.95. The number of quaternary nitrogens is 1. The van der Waals surface area contributed by atoms with E-state index < -0.39 is 0 Å². The first-order valence-corrected chi connectivity index (χ1v) is 7.71. The van der Waals surface area contributed by atoms with E-state index in [-0.39, 0.29) is 0 Å². The van der Waals surface area contributed by atoms with Crippen molar-refractivity contribution in [1.82, 2.24) is 5.32 Å². The summed E-state index contributed by atoms with van der Waals surface area (Å²) in [5.74, 6) is 1.48. The van der Waals surface area contributed by atoms with Crippen LogP contribution in [0.4, 0.5) is 5.69 Å². The van der Waals surface area contributed by atoms with Gasteiger partial charge in [-0.15, -0.1) is 0 Å². The molecule has 1 rings (SSSR count). The number of benzene rings is 1. The Bertz CT molecular complexity index is 453. The number of ether oxygens (including phenoxy) is 2. The Morgan fingerprint density at radius 1 is 1.14 bits per heavy atom. The molecule has 3 N–H and O–H groups in total. The zero-order valence-corrected chi connectivity index (χ0v) is 14.1. The van der Waals surface area contributed by atoms with Crippen molar-refractivity contribution in [3.8, 4) is 11.5 Å². The molecule has 0 spiro atoms. The van der Waals surface area contributed by atoms with Crippen LogP contribution in [0.1, 0.15) is 13.8 Å². The van der Waals surface area contributed by atoms with Crippen molar-refractivity contribution < 1.29 is 14.4 Å². The van der Waals surface area contributed by atoms with Gasteiger partial charge in [-0.25, -0.2) is 0 Å². The molecule has 5 nitrogen and oxygen atoms in total. The van der Waals surface area contributed by atoms with Gasteiger partial charge >= 0.3 is 0 Å². The standard InChI is InChI=1S/C15H25N3O2S/c1-5-19-13-8-7-12(11-14(13)20-6-2)17-15(21)16-9-10-18(3)4/h7-8,11H,5-6,9-10H2,1-4H3,(H2,16,17,21)/p+1. The van der Waals surface area contributed by atoms with Gasteiger partial charge in [-0.3, -0.25) is 0 Å². The molecule has 0 fully saturated rings. The minimum atomic E-state index is 0.595. The molecular formula is C15H26N3O2S+. The lowest BCUT2D eigenvalue weighted by Crippen LogP contribution is -3.06. The molecule has 1 aromatic rings. The van der Waals surface area contributed by atoms with Crippen LogP contribution in [0.3, 0.4) is 0 Å². The molecule has 0 amide bonds. The van der Waals surface area contributed by atoms with E-state index in [1.54, 1.807) is 0 Å². The van der Waals surface area contributed by atoms with E-state index in [1.165, 1.54) is 4.90 Å². The van der Waals surface area contributed by atoms with Crippen LogP contribution in [0.25, 0.3) is 0 Å². The summed E-state index contributed by atoms with van der Waals surface area (Å²) < 4.78 is 11.1. The van der Waals surface area contributed by atoms with Crippen molar-refractivity contribution >= 4 is 23.0 Å². The van der Waals surface area contributed by atoms with Gasteiger partial charge < -0.3 is 25.0 Å². The van der Waals surface area contributed by atoms with Crippen molar-refractivity contribution in [2.75, 3.05) is 45.7 Å². The van der Waals surface area contributed by atoms with Gasteiger partial charge in [0, 0.05) is 11.8 Å². The monoisotopic (exact) mass is 312 g/mol. The molecule has 118 valence electrons. The van der Waals surface area contributed by atoms with Crippen LogP contribution >= 0.6 is 12.2 Å². The predicted octanol–water partition coefficient (Wildman–Crippen LogP) is 0.915. The third-order valence-corrected chi connectivity index (χ3v) is 2.96. The highest BCUT2D eigenvalue weighted by atomic mass is 32.1. The van der Waals surface area contributed by atoms with Crippen LogP contribution in [-0.2, 0) is 0 Å². The van der Waals surface area contributed by atoms with E-state index in [1.807, 2.05) is 32.0 Å². The molecule has 0 heterocycles. The number of thiocarbonyl (C=S) groups is 1. The second-order valence-corrected chi connectivity index (χ2v) is 5.27. The lowest BCUT2D eigenvalue weighted by Gasteiger charge is -2.15. The van der Waals surface area contributed by atoms with Gasteiger partial charge in [0.25, 0.3) is 0 Å². The lowest BCUT2D eigenvalue weighted by atomic mass is 10.2. The number of likely N-dealkylation sites (N-methyl/N-ethyl adjacent to an activating group) is 1. The molecule has 0 bridgehead atoms. The molecule has 0 aliphatic rings. The highest BCUT2D eigenvalue weighted by molar-refractivity contribution is 7.80. The summed E-state index contributed by atoms with van der Waals surface area (Å²) in [7, 11) is 4.22. The normalized spacial score (nSPS) is 10.3.